The van der Waals surface area contributed by atoms with Crippen molar-refractivity contribution < 1.29 is 9.47 Å². The predicted molar refractivity (Wildman–Crippen MR) is 76.6 cm³/mol. The fraction of sp³-hybridized carbons (Fsp3) is 0.882. The van der Waals surface area contributed by atoms with Crippen molar-refractivity contribution in [2.75, 3.05) is 0 Å². The summed E-state index contributed by atoms with van der Waals surface area (Å²) in [6, 6.07) is 0. The Hall–Kier alpha value is -0.340. The number of rotatable bonds is 1. The normalized spacial score (nSPS) is 43.9. The van der Waals surface area contributed by atoms with Gasteiger partial charge in [0.1, 0.15) is 0 Å². The highest BCUT2D eigenvalue weighted by molar-refractivity contribution is 5.21. The Kier molecular flexibility index (Phi) is 2.93. The van der Waals surface area contributed by atoms with Gasteiger partial charge in [-0.25, -0.2) is 0 Å². The summed E-state index contributed by atoms with van der Waals surface area (Å²) in [7, 11) is 0. The van der Waals surface area contributed by atoms with Crippen LogP contribution in [0.15, 0.2) is 11.6 Å². The monoisotopic (exact) mass is 264 g/mol. The molecule has 0 bridgehead atoms. The van der Waals surface area contributed by atoms with Gasteiger partial charge in [0.2, 0.25) is 0 Å². The minimum atomic E-state index is -0.385. The third-order valence-electron chi connectivity index (χ3n) is 5.88. The second kappa shape index (κ2) is 4.08. The molecule has 2 fully saturated rings. The molecule has 0 amide bonds. The van der Waals surface area contributed by atoms with E-state index >= 15 is 0 Å². The summed E-state index contributed by atoms with van der Waals surface area (Å²) in [5.41, 5.74) is 2.07. The lowest BCUT2D eigenvalue weighted by Gasteiger charge is -2.58. The molecule has 0 unspecified atom stereocenters. The molecule has 1 saturated heterocycles. The van der Waals surface area contributed by atoms with Crippen LogP contribution in [0.3, 0.4) is 0 Å². The summed E-state index contributed by atoms with van der Waals surface area (Å²) in [4.78, 5) is 0. The molecule has 3 atom stereocenters. The van der Waals surface area contributed by atoms with Gasteiger partial charge in [-0.1, -0.05) is 25.5 Å². The molecule has 0 spiro atoms. The topological polar surface area (TPSA) is 18.5 Å². The molecule has 0 aromatic carbocycles. The van der Waals surface area contributed by atoms with Crippen molar-refractivity contribution in [3.05, 3.63) is 11.6 Å². The molecule has 1 saturated carbocycles. The zero-order valence-electron chi connectivity index (χ0n) is 13.1. The van der Waals surface area contributed by atoms with E-state index in [0.29, 0.717) is 11.3 Å². The Bertz CT molecular complexity index is 401. The summed E-state index contributed by atoms with van der Waals surface area (Å²) >= 11 is 0. The predicted octanol–water partition coefficient (Wildman–Crippen LogP) is 4.65. The van der Waals surface area contributed by atoms with Crippen molar-refractivity contribution in [3.8, 4) is 0 Å². The molecule has 2 heteroatoms. The van der Waals surface area contributed by atoms with Crippen LogP contribution in [0.2, 0.25) is 0 Å². The van der Waals surface area contributed by atoms with Crippen molar-refractivity contribution in [3.63, 3.8) is 0 Å². The van der Waals surface area contributed by atoms with Gasteiger partial charge in [0, 0.05) is 5.92 Å². The van der Waals surface area contributed by atoms with E-state index in [2.05, 4.69) is 26.8 Å². The molecule has 0 aromatic heterocycles. The SMILES string of the molecule is C[C@@H]1CCC=C2CC[C@@H](C3(C)OC(C)(C)O3)C[C@]21C. The second-order valence-corrected chi connectivity index (χ2v) is 7.68. The van der Waals surface area contributed by atoms with Crippen molar-refractivity contribution in [1.82, 2.24) is 0 Å². The first kappa shape index (κ1) is 13.6. The zero-order chi connectivity index (χ0) is 13.9. The Balaban J connectivity index is 1.78. The number of hydrogen-bond acceptors (Lipinski definition) is 2. The molecule has 0 aromatic rings. The molecule has 3 aliphatic rings. The maximum Gasteiger partial charge on any atom is 0.175 e. The lowest BCUT2D eigenvalue weighted by molar-refractivity contribution is -0.508. The van der Waals surface area contributed by atoms with Crippen molar-refractivity contribution >= 4 is 0 Å². The van der Waals surface area contributed by atoms with E-state index in [1.165, 1.54) is 32.1 Å². The van der Waals surface area contributed by atoms with E-state index in [1.807, 2.05) is 13.8 Å². The lowest BCUT2D eigenvalue weighted by atomic mass is 9.57. The number of hydrogen-bond donors (Lipinski definition) is 0. The van der Waals surface area contributed by atoms with Crippen LogP contribution in [-0.2, 0) is 9.47 Å². The average molecular weight is 264 g/mol. The van der Waals surface area contributed by atoms with Gasteiger partial charge in [-0.3, -0.25) is 0 Å². The van der Waals surface area contributed by atoms with Crippen LogP contribution in [0.25, 0.3) is 0 Å². The first-order valence-electron chi connectivity index (χ1n) is 7.85. The molecule has 2 aliphatic carbocycles. The first-order chi connectivity index (χ1) is 8.75. The minimum Gasteiger partial charge on any atom is -0.319 e. The Morgan fingerprint density at radius 3 is 2.42 bits per heavy atom. The lowest BCUT2D eigenvalue weighted by Crippen LogP contribution is -2.63. The van der Waals surface area contributed by atoms with Crippen LogP contribution in [0.1, 0.15) is 66.7 Å². The molecule has 0 radical (unpaired) electrons. The van der Waals surface area contributed by atoms with Crippen LogP contribution < -0.4 is 0 Å². The maximum atomic E-state index is 6.07. The number of fused-ring (bicyclic) bond motifs is 1. The van der Waals surface area contributed by atoms with Gasteiger partial charge < -0.3 is 9.47 Å². The molecule has 0 N–H and O–H groups in total. The molecule has 1 heterocycles. The van der Waals surface area contributed by atoms with Crippen LogP contribution in [0, 0.1) is 17.3 Å². The molecular formula is C17H28O2. The summed E-state index contributed by atoms with van der Waals surface area (Å²) in [6.07, 6.45) is 8.76. The van der Waals surface area contributed by atoms with Crippen molar-refractivity contribution in [2.24, 2.45) is 17.3 Å². The highest BCUT2D eigenvalue weighted by Gasteiger charge is 2.56. The average Bonchev–Trinajstić information content (AvgIpc) is 2.27. The van der Waals surface area contributed by atoms with E-state index in [-0.39, 0.29) is 11.6 Å². The van der Waals surface area contributed by atoms with Crippen LogP contribution >= 0.6 is 0 Å². The van der Waals surface area contributed by atoms with Gasteiger partial charge in [0.25, 0.3) is 0 Å². The van der Waals surface area contributed by atoms with Gasteiger partial charge in [-0.2, -0.15) is 0 Å². The fourth-order valence-electron chi connectivity index (χ4n) is 4.64. The Morgan fingerprint density at radius 2 is 1.79 bits per heavy atom. The van der Waals surface area contributed by atoms with E-state index < -0.39 is 0 Å². The van der Waals surface area contributed by atoms with E-state index in [4.69, 9.17) is 9.47 Å². The third kappa shape index (κ3) is 2.08. The minimum absolute atomic E-state index is 0.352. The largest absolute Gasteiger partial charge is 0.319 e. The quantitative estimate of drug-likeness (QED) is 0.642. The first-order valence-corrected chi connectivity index (χ1v) is 7.85. The summed E-state index contributed by atoms with van der Waals surface area (Å²) in [5, 5.41) is 0. The Labute approximate surface area is 117 Å². The van der Waals surface area contributed by atoms with Gasteiger partial charge in [0.15, 0.2) is 11.6 Å². The van der Waals surface area contributed by atoms with Crippen molar-refractivity contribution in [2.45, 2.75) is 78.3 Å². The van der Waals surface area contributed by atoms with Crippen LogP contribution in [-0.4, -0.2) is 11.6 Å². The third-order valence-corrected chi connectivity index (χ3v) is 5.88. The molecule has 19 heavy (non-hydrogen) atoms. The maximum absolute atomic E-state index is 6.07. The van der Waals surface area contributed by atoms with Gasteiger partial charge >= 0.3 is 0 Å². The number of ether oxygens (including phenoxy) is 2. The number of allylic oxidation sites excluding steroid dienone is 2. The molecular weight excluding hydrogens is 236 g/mol. The molecule has 3 rings (SSSR count). The van der Waals surface area contributed by atoms with E-state index in [1.54, 1.807) is 5.57 Å². The van der Waals surface area contributed by atoms with Gasteiger partial charge in [-0.05, 0) is 64.2 Å². The highest BCUT2D eigenvalue weighted by Crippen LogP contribution is 2.57. The standard InChI is InChI=1S/C17H28O2/c1-12-7-6-8-13-9-10-14(11-16(12,13)4)17(5)18-15(2,3)19-17/h8,12,14H,6-7,9-11H2,1-5H3/t12-,14-,16+/m1/s1. The molecule has 1 aliphatic heterocycles. The zero-order valence-corrected chi connectivity index (χ0v) is 13.1. The van der Waals surface area contributed by atoms with Gasteiger partial charge in [-0.15, -0.1) is 0 Å². The summed E-state index contributed by atoms with van der Waals surface area (Å²) < 4.78 is 12.1. The van der Waals surface area contributed by atoms with Crippen LogP contribution in [0.4, 0.5) is 0 Å². The fourth-order valence-corrected chi connectivity index (χ4v) is 4.64. The molecule has 108 valence electrons. The van der Waals surface area contributed by atoms with Gasteiger partial charge in [0.05, 0.1) is 0 Å². The smallest absolute Gasteiger partial charge is 0.175 e. The summed E-state index contributed by atoms with van der Waals surface area (Å²) in [5.74, 6) is 0.578. The van der Waals surface area contributed by atoms with E-state index in [9.17, 15) is 0 Å². The second-order valence-electron chi connectivity index (χ2n) is 7.68. The van der Waals surface area contributed by atoms with Crippen molar-refractivity contribution in [1.29, 1.82) is 0 Å². The highest BCUT2D eigenvalue weighted by atomic mass is 16.9. The summed E-state index contributed by atoms with van der Waals surface area (Å²) in [6.45, 7) is 11.0. The Morgan fingerprint density at radius 1 is 1.11 bits per heavy atom. The van der Waals surface area contributed by atoms with E-state index in [0.717, 1.165) is 5.92 Å². The van der Waals surface area contributed by atoms with Crippen LogP contribution in [0.5, 0.6) is 0 Å². The molecule has 2 nitrogen and oxygen atoms in total.